The van der Waals surface area contributed by atoms with Gasteiger partial charge in [-0.25, -0.2) is 4.68 Å². The average Bonchev–Trinajstić information content (AvgIpc) is 3.46. The summed E-state index contributed by atoms with van der Waals surface area (Å²) in [5, 5.41) is 23.3. The van der Waals surface area contributed by atoms with E-state index in [-0.39, 0.29) is 37.6 Å². The maximum Gasteiger partial charge on any atom is 0.247 e. The fourth-order valence-electron chi connectivity index (χ4n) is 6.23. The first-order valence-corrected chi connectivity index (χ1v) is 11.2. The third-order valence-corrected chi connectivity index (χ3v) is 7.76. The van der Waals surface area contributed by atoms with Crippen molar-refractivity contribution in [2.75, 3.05) is 20.2 Å². The Morgan fingerprint density at radius 2 is 2.06 bits per heavy atom. The topological polar surface area (TPSA) is 139 Å². The highest BCUT2D eigenvalue weighted by molar-refractivity contribution is 5.99. The molecule has 11 heteroatoms. The molecule has 3 aliphatic heterocycles. The number of likely N-dealkylation sites (tertiary alicyclic amines) is 1. The van der Waals surface area contributed by atoms with E-state index in [0.29, 0.717) is 11.9 Å². The lowest BCUT2D eigenvalue weighted by Gasteiger charge is -2.36. The van der Waals surface area contributed by atoms with Gasteiger partial charge in [-0.05, 0) is 31.4 Å². The van der Waals surface area contributed by atoms with E-state index in [0.717, 1.165) is 5.52 Å². The lowest BCUT2D eigenvalue weighted by atomic mass is 9.62. The zero-order valence-corrected chi connectivity index (χ0v) is 18.8. The smallest absolute Gasteiger partial charge is 0.247 e. The lowest BCUT2D eigenvalue weighted by Crippen LogP contribution is -2.56. The van der Waals surface area contributed by atoms with Gasteiger partial charge in [0.2, 0.25) is 17.7 Å². The van der Waals surface area contributed by atoms with E-state index in [1.54, 1.807) is 4.68 Å². The molecule has 3 unspecified atom stereocenters. The number of carbonyl (C=O) groups is 3. The standard InChI is InChI=1S/C22H28N6O5/c1-12-10-22-16(15(18(30)23-3)21(12,2)33-22)20(32)27(8-9-29)17(22)19(31)24-11-28-14-7-5-4-6-13(14)25-26-28/h4-7,12,15-17,29H,8-11H2,1-3H3,(H,23,30)(H,24,31)/t12?,15-,16+,17?,21+,22?/m1/s1. The quantitative estimate of drug-likeness (QED) is 0.520. The van der Waals surface area contributed by atoms with Gasteiger partial charge >= 0.3 is 0 Å². The second-order valence-electron chi connectivity index (χ2n) is 9.35. The molecule has 3 amide bonds. The van der Waals surface area contributed by atoms with Crippen LogP contribution < -0.4 is 10.6 Å². The van der Waals surface area contributed by atoms with Crippen molar-refractivity contribution in [1.29, 1.82) is 0 Å². The van der Waals surface area contributed by atoms with Crippen LogP contribution in [0, 0.1) is 17.8 Å². The first kappa shape index (κ1) is 21.8. The van der Waals surface area contributed by atoms with Gasteiger partial charge in [0.1, 0.15) is 23.8 Å². The number of benzene rings is 1. The van der Waals surface area contributed by atoms with Crippen LogP contribution in [0.2, 0.25) is 0 Å². The van der Waals surface area contributed by atoms with Crippen LogP contribution in [-0.4, -0.2) is 80.2 Å². The minimum Gasteiger partial charge on any atom is -0.395 e. The van der Waals surface area contributed by atoms with Crippen molar-refractivity contribution in [1.82, 2.24) is 30.5 Å². The highest BCUT2D eigenvalue weighted by Crippen LogP contribution is 2.65. The highest BCUT2D eigenvalue weighted by atomic mass is 16.5. The van der Waals surface area contributed by atoms with Crippen LogP contribution in [-0.2, 0) is 25.8 Å². The monoisotopic (exact) mass is 456 g/mol. The number of nitrogens with zero attached hydrogens (tertiary/aromatic N) is 4. The summed E-state index contributed by atoms with van der Waals surface area (Å²) in [4.78, 5) is 41.3. The van der Waals surface area contributed by atoms with Crippen LogP contribution in [0.1, 0.15) is 20.3 Å². The first-order valence-electron chi connectivity index (χ1n) is 11.2. The molecule has 0 radical (unpaired) electrons. The molecule has 5 rings (SSSR count). The molecule has 0 aliphatic carbocycles. The molecule has 1 aromatic carbocycles. The predicted octanol–water partition coefficient (Wildman–Crippen LogP) is -0.746. The molecule has 6 atom stereocenters. The number of β-amino-alcohol motifs (C(OH)–C–C–N with tert-alkyl or cyclic N) is 1. The number of aliphatic hydroxyl groups is 1. The molecule has 3 fully saturated rings. The fourth-order valence-corrected chi connectivity index (χ4v) is 6.23. The van der Waals surface area contributed by atoms with E-state index in [1.807, 2.05) is 38.1 Å². The van der Waals surface area contributed by atoms with Gasteiger partial charge < -0.3 is 25.4 Å². The second kappa shape index (κ2) is 7.49. The van der Waals surface area contributed by atoms with Gasteiger partial charge in [-0.3, -0.25) is 14.4 Å². The van der Waals surface area contributed by atoms with Gasteiger partial charge in [-0.2, -0.15) is 0 Å². The minimum atomic E-state index is -1.13. The molecule has 2 bridgehead atoms. The maximum absolute atomic E-state index is 13.6. The Labute approximate surface area is 190 Å². The van der Waals surface area contributed by atoms with Crippen LogP contribution in [0.25, 0.3) is 11.0 Å². The number of hydrogen-bond acceptors (Lipinski definition) is 7. The third kappa shape index (κ3) is 2.85. The van der Waals surface area contributed by atoms with Gasteiger partial charge in [-0.15, -0.1) is 5.10 Å². The molecule has 1 aromatic heterocycles. The number of fused-ring (bicyclic) bond motifs is 2. The number of nitrogens with one attached hydrogen (secondary N) is 2. The van der Waals surface area contributed by atoms with Crippen molar-refractivity contribution in [3.63, 3.8) is 0 Å². The highest BCUT2D eigenvalue weighted by Gasteiger charge is 2.79. The number of rotatable bonds is 6. The van der Waals surface area contributed by atoms with E-state index in [4.69, 9.17) is 4.74 Å². The Balaban J connectivity index is 1.48. The molecule has 0 saturated carbocycles. The molecule has 11 nitrogen and oxygen atoms in total. The van der Waals surface area contributed by atoms with E-state index in [9.17, 15) is 19.5 Å². The molecule has 3 aliphatic rings. The van der Waals surface area contributed by atoms with Crippen molar-refractivity contribution in [2.24, 2.45) is 17.8 Å². The van der Waals surface area contributed by atoms with Crippen molar-refractivity contribution >= 4 is 28.8 Å². The van der Waals surface area contributed by atoms with Crippen molar-refractivity contribution in [3.05, 3.63) is 24.3 Å². The lowest BCUT2D eigenvalue weighted by molar-refractivity contribution is -0.148. The Hall–Kier alpha value is -3.05. The molecular weight excluding hydrogens is 428 g/mol. The summed E-state index contributed by atoms with van der Waals surface area (Å²) >= 11 is 0. The summed E-state index contributed by atoms with van der Waals surface area (Å²) in [6.45, 7) is 3.57. The van der Waals surface area contributed by atoms with Crippen molar-refractivity contribution in [3.8, 4) is 0 Å². The van der Waals surface area contributed by atoms with E-state index < -0.39 is 35.0 Å². The summed E-state index contributed by atoms with van der Waals surface area (Å²) < 4.78 is 8.08. The zero-order chi connectivity index (χ0) is 23.5. The number of ether oxygens (including phenoxy) is 1. The molecule has 176 valence electrons. The van der Waals surface area contributed by atoms with Crippen LogP contribution in [0.4, 0.5) is 0 Å². The third-order valence-electron chi connectivity index (χ3n) is 7.76. The van der Waals surface area contributed by atoms with Gasteiger partial charge in [0.05, 0.1) is 29.6 Å². The van der Waals surface area contributed by atoms with Gasteiger partial charge in [-0.1, -0.05) is 24.3 Å². The van der Waals surface area contributed by atoms with Crippen molar-refractivity contribution in [2.45, 2.75) is 44.2 Å². The molecule has 3 N–H and O–H groups in total. The second-order valence-corrected chi connectivity index (χ2v) is 9.35. The number of carbonyl (C=O) groups excluding carboxylic acids is 3. The zero-order valence-electron chi connectivity index (χ0n) is 18.8. The Morgan fingerprint density at radius 3 is 2.79 bits per heavy atom. The van der Waals surface area contributed by atoms with Gasteiger partial charge in [0, 0.05) is 13.6 Å². The van der Waals surface area contributed by atoms with Crippen LogP contribution >= 0.6 is 0 Å². The Morgan fingerprint density at radius 1 is 1.30 bits per heavy atom. The molecular formula is C22H28N6O5. The minimum absolute atomic E-state index is 0.0175. The van der Waals surface area contributed by atoms with E-state index >= 15 is 0 Å². The SMILES string of the molecule is CNC(=O)[C@H]1[C@H]2C(=O)N(CCO)C(C(=O)NCn3nnc4ccccc43)C23CC(C)[C@]1(C)O3. The number of hydrogen-bond donors (Lipinski definition) is 3. The molecule has 1 spiro atoms. The Bertz CT molecular complexity index is 1140. The van der Waals surface area contributed by atoms with Gasteiger partial charge in [0.15, 0.2) is 0 Å². The summed E-state index contributed by atoms with van der Waals surface area (Å²) in [5.41, 5.74) is -0.517. The maximum atomic E-state index is 13.6. The average molecular weight is 457 g/mol. The number of amides is 3. The summed E-state index contributed by atoms with van der Waals surface area (Å²) in [7, 11) is 1.53. The predicted molar refractivity (Wildman–Crippen MR) is 115 cm³/mol. The van der Waals surface area contributed by atoms with Crippen LogP contribution in [0.15, 0.2) is 24.3 Å². The largest absolute Gasteiger partial charge is 0.395 e. The van der Waals surface area contributed by atoms with Crippen LogP contribution in [0.5, 0.6) is 0 Å². The van der Waals surface area contributed by atoms with E-state index in [2.05, 4.69) is 20.9 Å². The van der Waals surface area contributed by atoms with Crippen molar-refractivity contribution < 1.29 is 24.2 Å². The number of aromatic nitrogens is 3. The summed E-state index contributed by atoms with van der Waals surface area (Å²) in [6, 6.07) is 6.43. The fraction of sp³-hybridized carbons (Fsp3) is 0.591. The molecule has 4 heterocycles. The van der Waals surface area contributed by atoms with Crippen LogP contribution in [0.3, 0.4) is 0 Å². The van der Waals surface area contributed by atoms with Gasteiger partial charge in [0.25, 0.3) is 0 Å². The normalized spacial score (nSPS) is 34.7. The number of para-hydroxylation sites is 1. The summed E-state index contributed by atoms with van der Waals surface area (Å²) in [6.07, 6.45) is 0.472. The first-order chi connectivity index (χ1) is 15.8. The molecule has 33 heavy (non-hydrogen) atoms. The Kier molecular flexibility index (Phi) is 4.94. The molecule has 3 saturated heterocycles. The molecule has 2 aromatic rings. The van der Waals surface area contributed by atoms with E-state index in [1.165, 1.54) is 11.9 Å². The summed E-state index contributed by atoms with van der Waals surface area (Å²) in [5.74, 6) is -2.55. The number of aliphatic hydroxyl groups excluding tert-OH is 1.